The SMILES string of the molecule is [2H]c1c([2H])c([2H])c(-c2c([2H])c([2H])c([2H])c(-n3c4c([2H])c([2H])c([2H])c([2H])c4c4c([2H])c(-c5c([2H])c([2H])c6c(c5[2H])c5c([2H])c([2H])c([CH])c([2H])c5n6-c5c([2H])c([2H])c([2H])c(-c6c([2H])c([2H])c([2H])c([2H])c6[2H])c5[2H])c([2H])c([2H])c43)c2[2H])c([2H])c1[2H]. The second-order valence-corrected chi connectivity index (χ2v) is 10.8. The first-order valence-electron chi connectivity index (χ1n) is 30.4. The average molecular weight is 680 g/mol. The summed E-state index contributed by atoms with van der Waals surface area (Å²) in [5.41, 5.74) is -10.3. The summed E-state index contributed by atoms with van der Waals surface area (Å²) >= 11 is 0. The number of aromatic nitrogens is 2. The molecule has 0 amide bonds. The van der Waals surface area contributed by atoms with Crippen LogP contribution in [0.5, 0.6) is 0 Å². The summed E-state index contributed by atoms with van der Waals surface area (Å²) in [4.78, 5) is 0. The molecule has 2 heteroatoms. The van der Waals surface area contributed by atoms with Gasteiger partial charge in [-0.25, -0.2) is 0 Å². The summed E-state index contributed by atoms with van der Waals surface area (Å²) in [5.74, 6) is 0. The monoisotopic (exact) mass is 679 g/mol. The minimum atomic E-state index is -1.11. The third kappa shape index (κ3) is 4.87. The highest BCUT2D eigenvalue weighted by Gasteiger charge is 2.17. The maximum Gasteiger partial charge on any atom is 0.0651 e. The Morgan fingerprint density at radius 2 is 0.765 bits per heavy atom. The fourth-order valence-corrected chi connectivity index (χ4v) is 5.72. The smallest absolute Gasteiger partial charge is 0.0651 e. The molecule has 2 aromatic heterocycles. The Bertz CT molecular complexity index is 4350. The highest BCUT2D eigenvalue weighted by molar-refractivity contribution is 6.13. The Morgan fingerprint density at radius 1 is 0.314 bits per heavy atom. The van der Waals surface area contributed by atoms with Crippen LogP contribution < -0.4 is 0 Å². The molecule has 0 aliphatic rings. The van der Waals surface area contributed by atoms with Crippen LogP contribution in [0.15, 0.2) is 187 Å². The molecule has 2 radical (unpaired) electrons. The summed E-state index contributed by atoms with van der Waals surface area (Å²) in [5, 5.41) is -2.64. The summed E-state index contributed by atoms with van der Waals surface area (Å²) in [7, 11) is 0. The Kier molecular flexibility index (Phi) is 2.70. The normalized spacial score (nSPS) is 20.1. The largest absolute Gasteiger partial charge is 0.309 e. The van der Waals surface area contributed by atoms with Gasteiger partial charge in [-0.15, -0.1) is 0 Å². The van der Waals surface area contributed by atoms with Crippen molar-refractivity contribution in [3.05, 3.63) is 200 Å². The number of nitrogens with zero attached hydrogens (tertiary/aromatic N) is 2. The molecule has 10 aromatic rings. The van der Waals surface area contributed by atoms with Crippen molar-refractivity contribution >= 4 is 43.6 Å². The molecule has 0 spiro atoms. The first-order valence-corrected chi connectivity index (χ1v) is 14.9. The molecule has 0 aliphatic carbocycles. The second kappa shape index (κ2) is 11.8. The third-order valence-electron chi connectivity index (χ3n) is 7.88. The molecular weight excluding hydrogens is 617 g/mol. The number of hydrogen-bond donors (Lipinski definition) is 0. The maximum absolute atomic E-state index is 9.91. The van der Waals surface area contributed by atoms with Crippen LogP contribution >= 0.6 is 0 Å². The van der Waals surface area contributed by atoms with Crippen LogP contribution in [0.25, 0.3) is 88.4 Å². The van der Waals surface area contributed by atoms with E-state index in [0.717, 1.165) is 0 Å². The standard InChI is InChI=1S/C49H32N2/c1-33-22-25-43-45-32-39(24-27-48(45)51(49(43)28-33)41-19-11-17-37(30-41)35-14-6-3-7-15-35)38-23-26-47-44(31-38)42-20-8-9-21-46(42)50(47)40-18-10-16-36(29-40)34-12-4-2-5-13-34/h1-32H/i2D,3D,4D,5D,6D,7D,8D,9D,10D,11D,12D,13D,14D,15D,16D,17D,18D,19D,20D,21D,22D,23D,24D,25D,26D,27D,28D,29D,30D,31D,32D. The highest BCUT2D eigenvalue weighted by atomic mass is 15.0. The molecule has 0 N–H and O–H groups in total. The predicted molar refractivity (Wildman–Crippen MR) is 215 cm³/mol. The topological polar surface area (TPSA) is 9.86 Å². The summed E-state index contributed by atoms with van der Waals surface area (Å²) < 4.78 is 280. The van der Waals surface area contributed by atoms with Crippen molar-refractivity contribution in [3.63, 3.8) is 0 Å². The van der Waals surface area contributed by atoms with Gasteiger partial charge in [-0.2, -0.15) is 0 Å². The minimum absolute atomic E-state index is 0.621. The van der Waals surface area contributed by atoms with E-state index in [0.29, 0.717) is 9.13 Å². The fourth-order valence-electron chi connectivity index (χ4n) is 5.72. The van der Waals surface area contributed by atoms with Gasteiger partial charge in [0.2, 0.25) is 0 Å². The fraction of sp³-hybridized carbons (Fsp3) is 0. The van der Waals surface area contributed by atoms with Gasteiger partial charge in [-0.05, 0) is 106 Å². The van der Waals surface area contributed by atoms with Crippen molar-refractivity contribution in [2.45, 2.75) is 0 Å². The van der Waals surface area contributed by atoms with E-state index in [-0.39, 0.29) is 0 Å². The van der Waals surface area contributed by atoms with Crippen molar-refractivity contribution in [2.24, 2.45) is 0 Å². The van der Waals surface area contributed by atoms with Crippen molar-refractivity contribution in [1.82, 2.24) is 9.13 Å². The molecular formula is C49H32N2. The molecule has 2 nitrogen and oxygen atoms in total. The van der Waals surface area contributed by atoms with E-state index < -0.39 is 281 Å². The molecule has 8 aromatic carbocycles. The molecule has 51 heavy (non-hydrogen) atoms. The van der Waals surface area contributed by atoms with Crippen LogP contribution in [0.1, 0.15) is 48.1 Å². The van der Waals surface area contributed by atoms with Crippen LogP contribution in [-0.2, 0) is 0 Å². The zero-order valence-corrected chi connectivity index (χ0v) is 25.5. The van der Waals surface area contributed by atoms with Gasteiger partial charge in [0.05, 0.1) is 64.6 Å². The van der Waals surface area contributed by atoms with Gasteiger partial charge in [0.15, 0.2) is 0 Å². The lowest BCUT2D eigenvalue weighted by atomic mass is 10.0. The van der Waals surface area contributed by atoms with Crippen LogP contribution in [0.2, 0.25) is 0 Å². The van der Waals surface area contributed by atoms with Gasteiger partial charge in [0.25, 0.3) is 0 Å². The van der Waals surface area contributed by atoms with Crippen molar-refractivity contribution in [1.29, 1.82) is 0 Å². The van der Waals surface area contributed by atoms with Gasteiger partial charge in [0, 0.05) is 32.9 Å². The molecule has 0 aliphatic heterocycles. The third-order valence-corrected chi connectivity index (χ3v) is 7.88. The summed E-state index contributed by atoms with van der Waals surface area (Å²) in [6, 6.07) is -30.1. The summed E-state index contributed by atoms with van der Waals surface area (Å²) in [6.07, 6.45) is 0. The van der Waals surface area contributed by atoms with Gasteiger partial charge in [-0.3, -0.25) is 0 Å². The van der Waals surface area contributed by atoms with Gasteiger partial charge in [0.1, 0.15) is 0 Å². The van der Waals surface area contributed by atoms with Gasteiger partial charge in [-0.1, -0.05) is 127 Å². The predicted octanol–water partition coefficient (Wildman–Crippen LogP) is 12.9. The number of hydrogen-bond acceptors (Lipinski definition) is 0. The number of benzene rings is 8. The zero-order chi connectivity index (χ0) is 60.9. The number of para-hydroxylation sites is 1. The first kappa shape index (κ1) is 11.7. The molecule has 0 fully saturated rings. The molecule has 238 valence electrons. The maximum atomic E-state index is 9.91. The second-order valence-electron chi connectivity index (χ2n) is 10.8. The molecule has 10 rings (SSSR count). The molecule has 0 saturated heterocycles. The van der Waals surface area contributed by atoms with Crippen molar-refractivity contribution in [2.75, 3.05) is 0 Å². The van der Waals surface area contributed by atoms with Crippen molar-refractivity contribution in [3.8, 4) is 44.8 Å². The lowest BCUT2D eigenvalue weighted by Gasteiger charge is -2.11. The van der Waals surface area contributed by atoms with Crippen LogP contribution in [0.3, 0.4) is 0 Å². The van der Waals surface area contributed by atoms with Crippen LogP contribution in [0, 0.1) is 6.92 Å². The number of fused-ring (bicyclic) bond motifs is 6. The van der Waals surface area contributed by atoms with Crippen LogP contribution in [0.4, 0.5) is 0 Å². The van der Waals surface area contributed by atoms with E-state index in [9.17, 15) is 17.8 Å². The van der Waals surface area contributed by atoms with E-state index in [1.54, 1.807) is 0 Å². The molecule has 0 unspecified atom stereocenters. The lowest BCUT2D eigenvalue weighted by Crippen LogP contribution is -1.95. The van der Waals surface area contributed by atoms with E-state index >= 15 is 0 Å². The lowest BCUT2D eigenvalue weighted by molar-refractivity contribution is 1.18. The molecule has 0 atom stereocenters. The Morgan fingerprint density at radius 3 is 1.35 bits per heavy atom. The van der Waals surface area contributed by atoms with E-state index in [1.165, 1.54) is 0 Å². The van der Waals surface area contributed by atoms with Crippen molar-refractivity contribution < 1.29 is 42.5 Å². The summed E-state index contributed by atoms with van der Waals surface area (Å²) in [6.45, 7) is 6.21. The Labute approximate surface area is 340 Å². The van der Waals surface area contributed by atoms with Gasteiger partial charge < -0.3 is 9.13 Å². The molecule has 0 bridgehead atoms. The molecule has 0 saturated carbocycles. The first-order chi connectivity index (χ1) is 38.1. The highest BCUT2D eigenvalue weighted by Crippen LogP contribution is 2.39. The Balaban J connectivity index is 1.40. The van der Waals surface area contributed by atoms with E-state index in [4.69, 9.17) is 31.6 Å². The van der Waals surface area contributed by atoms with E-state index in [2.05, 4.69) is 0 Å². The van der Waals surface area contributed by atoms with Gasteiger partial charge >= 0.3 is 0 Å². The average Bonchev–Trinajstić information content (AvgIpc) is 1.64. The van der Waals surface area contributed by atoms with Crippen LogP contribution in [-0.4, -0.2) is 9.13 Å². The number of rotatable bonds is 5. The minimum Gasteiger partial charge on any atom is -0.309 e. The Hall–Kier alpha value is -6.64. The quantitative estimate of drug-likeness (QED) is 0.171. The molecule has 2 heterocycles. The van der Waals surface area contributed by atoms with E-state index in [1.807, 2.05) is 0 Å². The zero-order valence-electron chi connectivity index (χ0n) is 56.5.